The van der Waals surface area contributed by atoms with Crippen molar-refractivity contribution in [3.05, 3.63) is 35.9 Å². The van der Waals surface area contributed by atoms with Crippen LogP contribution in [0.15, 0.2) is 30.3 Å². The van der Waals surface area contributed by atoms with Gasteiger partial charge in [0, 0.05) is 7.11 Å². The zero-order valence-electron chi connectivity index (χ0n) is 10.5. The Labute approximate surface area is 102 Å². The van der Waals surface area contributed by atoms with E-state index in [1.54, 1.807) is 21.1 Å². The first kappa shape index (κ1) is 13.7. The Morgan fingerprint density at radius 1 is 1.35 bits per heavy atom. The highest BCUT2D eigenvalue weighted by Crippen LogP contribution is 2.23. The van der Waals surface area contributed by atoms with Crippen LogP contribution in [0.2, 0.25) is 0 Å². The summed E-state index contributed by atoms with van der Waals surface area (Å²) >= 11 is 0. The summed E-state index contributed by atoms with van der Waals surface area (Å²) in [6.45, 7) is 2.36. The maximum absolute atomic E-state index is 12.1. The van der Waals surface area contributed by atoms with Crippen LogP contribution in [0.1, 0.15) is 12.5 Å². The number of hydrogen-bond acceptors (Lipinski definition) is 4. The van der Waals surface area contributed by atoms with Gasteiger partial charge in [-0.15, -0.1) is 0 Å². The number of likely N-dealkylation sites (N-methyl/N-ethyl adjacent to an activating group) is 1. The first-order valence-electron chi connectivity index (χ1n) is 5.62. The first-order chi connectivity index (χ1) is 8.21. The van der Waals surface area contributed by atoms with Crippen molar-refractivity contribution in [1.82, 2.24) is 5.32 Å². The van der Waals surface area contributed by atoms with Crippen molar-refractivity contribution >= 4 is 5.97 Å². The van der Waals surface area contributed by atoms with Crippen molar-refractivity contribution in [3.8, 4) is 0 Å². The van der Waals surface area contributed by atoms with Gasteiger partial charge in [-0.05, 0) is 19.5 Å². The summed E-state index contributed by atoms with van der Waals surface area (Å²) in [5, 5.41) is 3.02. The number of carbonyl (C=O) groups is 1. The molecule has 0 saturated heterocycles. The lowest BCUT2D eigenvalue weighted by molar-refractivity contribution is -0.154. The molecule has 4 heteroatoms. The Bertz CT molecular complexity index is 353. The van der Waals surface area contributed by atoms with E-state index < -0.39 is 5.54 Å². The Hall–Kier alpha value is -1.39. The van der Waals surface area contributed by atoms with Gasteiger partial charge in [0.1, 0.15) is 0 Å². The molecule has 0 bridgehead atoms. The largest absolute Gasteiger partial charge is 0.464 e. The minimum atomic E-state index is -0.938. The molecule has 1 N–H and O–H groups in total. The average Bonchev–Trinajstić information content (AvgIpc) is 2.37. The molecule has 94 valence electrons. The van der Waals surface area contributed by atoms with Crippen LogP contribution in [0.25, 0.3) is 0 Å². The SMILES string of the molecule is CCOC(=O)C(COC)(NC)c1ccccc1. The van der Waals surface area contributed by atoms with Gasteiger partial charge in [-0.25, -0.2) is 4.79 Å². The molecule has 0 amide bonds. The van der Waals surface area contributed by atoms with Crippen molar-refractivity contribution in [3.63, 3.8) is 0 Å². The molecule has 1 aromatic carbocycles. The van der Waals surface area contributed by atoms with E-state index in [1.807, 2.05) is 30.3 Å². The van der Waals surface area contributed by atoms with Crippen molar-refractivity contribution in [2.45, 2.75) is 12.5 Å². The third-order valence-corrected chi connectivity index (χ3v) is 2.68. The van der Waals surface area contributed by atoms with Gasteiger partial charge in [0.05, 0.1) is 13.2 Å². The average molecular weight is 237 g/mol. The summed E-state index contributed by atoms with van der Waals surface area (Å²) in [6, 6.07) is 9.44. The number of hydrogen-bond donors (Lipinski definition) is 1. The highest BCUT2D eigenvalue weighted by molar-refractivity contribution is 5.83. The molecule has 0 heterocycles. The second-order valence-electron chi connectivity index (χ2n) is 3.67. The normalized spacial score (nSPS) is 14.1. The predicted octanol–water partition coefficient (Wildman–Crippen LogP) is 1.31. The Morgan fingerprint density at radius 2 is 2.00 bits per heavy atom. The Balaban J connectivity index is 3.12. The summed E-state index contributed by atoms with van der Waals surface area (Å²) in [5.74, 6) is -0.324. The molecule has 0 fully saturated rings. The van der Waals surface area contributed by atoms with Crippen LogP contribution in [0.5, 0.6) is 0 Å². The van der Waals surface area contributed by atoms with E-state index in [4.69, 9.17) is 9.47 Å². The minimum absolute atomic E-state index is 0.229. The molecule has 0 radical (unpaired) electrons. The number of methoxy groups -OCH3 is 1. The molecule has 17 heavy (non-hydrogen) atoms. The van der Waals surface area contributed by atoms with Gasteiger partial charge in [-0.3, -0.25) is 5.32 Å². The van der Waals surface area contributed by atoms with E-state index >= 15 is 0 Å². The summed E-state index contributed by atoms with van der Waals surface area (Å²) in [5.41, 5.74) is -0.103. The first-order valence-corrected chi connectivity index (χ1v) is 5.62. The van der Waals surface area contributed by atoms with Gasteiger partial charge in [0.2, 0.25) is 0 Å². The molecular weight excluding hydrogens is 218 g/mol. The van der Waals surface area contributed by atoms with Crippen LogP contribution in [-0.2, 0) is 19.8 Å². The zero-order valence-corrected chi connectivity index (χ0v) is 10.5. The Morgan fingerprint density at radius 3 is 2.47 bits per heavy atom. The third kappa shape index (κ3) is 2.84. The van der Waals surface area contributed by atoms with Gasteiger partial charge in [0.15, 0.2) is 5.54 Å². The van der Waals surface area contributed by atoms with Crippen LogP contribution >= 0.6 is 0 Å². The summed E-state index contributed by atoms with van der Waals surface area (Å²) in [7, 11) is 3.29. The predicted molar refractivity (Wildman–Crippen MR) is 65.7 cm³/mol. The van der Waals surface area contributed by atoms with Crippen LogP contribution in [0.3, 0.4) is 0 Å². The molecule has 0 aliphatic carbocycles. The van der Waals surface area contributed by atoms with Gasteiger partial charge in [-0.1, -0.05) is 30.3 Å². The van der Waals surface area contributed by atoms with Crippen LogP contribution in [0.4, 0.5) is 0 Å². The van der Waals surface area contributed by atoms with Gasteiger partial charge in [-0.2, -0.15) is 0 Å². The number of ether oxygens (including phenoxy) is 2. The van der Waals surface area contributed by atoms with Crippen LogP contribution < -0.4 is 5.32 Å². The lowest BCUT2D eigenvalue weighted by Crippen LogP contribution is -2.51. The summed E-state index contributed by atoms with van der Waals surface area (Å²) in [6.07, 6.45) is 0. The topological polar surface area (TPSA) is 47.6 Å². The molecule has 4 nitrogen and oxygen atoms in total. The molecule has 1 aromatic rings. The van der Waals surface area contributed by atoms with E-state index in [1.165, 1.54) is 0 Å². The van der Waals surface area contributed by atoms with E-state index in [2.05, 4.69) is 5.32 Å². The molecule has 0 aliphatic heterocycles. The van der Waals surface area contributed by atoms with Gasteiger partial charge < -0.3 is 9.47 Å². The second kappa shape index (κ2) is 6.37. The van der Waals surface area contributed by atoms with Gasteiger partial charge >= 0.3 is 5.97 Å². The number of esters is 1. The van der Waals surface area contributed by atoms with Gasteiger partial charge in [0.25, 0.3) is 0 Å². The highest BCUT2D eigenvalue weighted by atomic mass is 16.5. The monoisotopic (exact) mass is 237 g/mol. The van der Waals surface area contributed by atoms with Crippen molar-refractivity contribution < 1.29 is 14.3 Å². The van der Waals surface area contributed by atoms with Crippen LogP contribution in [-0.4, -0.2) is 33.3 Å². The lowest BCUT2D eigenvalue weighted by Gasteiger charge is -2.30. The fourth-order valence-electron chi connectivity index (χ4n) is 1.77. The summed E-state index contributed by atoms with van der Waals surface area (Å²) < 4.78 is 10.3. The second-order valence-corrected chi connectivity index (χ2v) is 3.67. The Kier molecular flexibility index (Phi) is 5.12. The molecular formula is C13H19NO3. The van der Waals surface area contributed by atoms with Crippen LogP contribution in [0, 0.1) is 0 Å². The highest BCUT2D eigenvalue weighted by Gasteiger charge is 2.40. The third-order valence-electron chi connectivity index (χ3n) is 2.68. The molecule has 1 rings (SSSR count). The number of rotatable bonds is 6. The minimum Gasteiger partial charge on any atom is -0.464 e. The maximum atomic E-state index is 12.1. The molecule has 0 spiro atoms. The van der Waals surface area contributed by atoms with Crippen molar-refractivity contribution in [2.24, 2.45) is 0 Å². The maximum Gasteiger partial charge on any atom is 0.333 e. The lowest BCUT2D eigenvalue weighted by atomic mass is 9.91. The molecule has 0 aliphatic rings. The smallest absolute Gasteiger partial charge is 0.333 e. The number of carbonyl (C=O) groups excluding carboxylic acids is 1. The van der Waals surface area contributed by atoms with Crippen molar-refractivity contribution in [1.29, 1.82) is 0 Å². The van der Waals surface area contributed by atoms with E-state index in [0.717, 1.165) is 5.56 Å². The fraction of sp³-hybridized carbons (Fsp3) is 0.462. The zero-order chi connectivity index (χ0) is 12.7. The quantitative estimate of drug-likeness (QED) is 0.758. The van der Waals surface area contributed by atoms with Crippen molar-refractivity contribution in [2.75, 3.05) is 27.4 Å². The van der Waals surface area contributed by atoms with E-state index in [-0.39, 0.29) is 12.6 Å². The molecule has 1 unspecified atom stereocenters. The van der Waals surface area contributed by atoms with E-state index in [0.29, 0.717) is 6.61 Å². The molecule has 1 atom stereocenters. The van der Waals surface area contributed by atoms with E-state index in [9.17, 15) is 4.79 Å². The fourth-order valence-corrected chi connectivity index (χ4v) is 1.77. The standard InChI is InChI=1S/C13H19NO3/c1-4-17-12(15)13(14-2,10-16-3)11-8-6-5-7-9-11/h5-9,14H,4,10H2,1-3H3. The molecule has 0 aromatic heterocycles. The number of benzene rings is 1. The summed E-state index contributed by atoms with van der Waals surface area (Å²) in [4.78, 5) is 12.1. The number of nitrogens with one attached hydrogen (secondary N) is 1. The molecule has 0 saturated carbocycles.